The zero-order valence-electron chi connectivity index (χ0n) is 6.75. The number of nitrogens with two attached hydrogens (primary N) is 1. The van der Waals surface area contributed by atoms with Crippen molar-refractivity contribution in [1.82, 2.24) is 0 Å². The largest absolute Gasteiger partial charge is 0.369 e. The number of rotatable bonds is 1. The van der Waals surface area contributed by atoms with Crippen molar-refractivity contribution in [2.24, 2.45) is 23.5 Å². The molecule has 0 aromatic carbocycles. The van der Waals surface area contributed by atoms with Gasteiger partial charge in [-0.05, 0) is 31.1 Å². The SMILES string of the molecule is NC(=O)[C@@H]1CC2CCC1CC2. The first-order valence-electron chi connectivity index (χ1n) is 4.56. The molecule has 2 bridgehead atoms. The Morgan fingerprint density at radius 1 is 1.18 bits per heavy atom. The minimum absolute atomic E-state index is 0.0561. The van der Waals surface area contributed by atoms with E-state index in [1.807, 2.05) is 0 Å². The van der Waals surface area contributed by atoms with Gasteiger partial charge in [-0.25, -0.2) is 0 Å². The molecule has 0 aromatic heterocycles. The summed E-state index contributed by atoms with van der Waals surface area (Å²) in [6.45, 7) is 0. The standard InChI is InChI=1S/C9H15NO/c10-9(11)8-5-6-1-3-7(8)4-2-6/h6-8H,1-5H2,(H2,10,11)/t6?,7?,8-/m1/s1. The maximum Gasteiger partial charge on any atom is 0.220 e. The van der Waals surface area contributed by atoms with E-state index in [2.05, 4.69) is 0 Å². The van der Waals surface area contributed by atoms with Crippen LogP contribution in [-0.4, -0.2) is 5.91 Å². The average molecular weight is 153 g/mol. The van der Waals surface area contributed by atoms with Crippen molar-refractivity contribution in [3.8, 4) is 0 Å². The molecule has 2 heteroatoms. The van der Waals surface area contributed by atoms with E-state index in [9.17, 15) is 4.79 Å². The Kier molecular flexibility index (Phi) is 1.63. The van der Waals surface area contributed by atoms with E-state index < -0.39 is 0 Å². The van der Waals surface area contributed by atoms with Gasteiger partial charge >= 0.3 is 0 Å². The van der Waals surface area contributed by atoms with Gasteiger partial charge in [-0.1, -0.05) is 12.8 Å². The zero-order chi connectivity index (χ0) is 7.84. The Bertz CT molecular complexity index is 170. The summed E-state index contributed by atoms with van der Waals surface area (Å²) in [6.07, 6.45) is 6.26. The summed E-state index contributed by atoms with van der Waals surface area (Å²) in [4.78, 5) is 11.0. The normalized spacial score (nSPS) is 42.4. The van der Waals surface area contributed by atoms with Crippen molar-refractivity contribution >= 4 is 5.91 Å². The Morgan fingerprint density at radius 2 is 1.82 bits per heavy atom. The fourth-order valence-electron chi connectivity index (χ4n) is 2.73. The number of primary amides is 1. The number of hydrogen-bond donors (Lipinski definition) is 1. The summed E-state index contributed by atoms with van der Waals surface area (Å²) in [5.74, 6) is 1.62. The van der Waals surface area contributed by atoms with Crippen molar-refractivity contribution in [2.45, 2.75) is 32.1 Å². The van der Waals surface area contributed by atoms with Crippen molar-refractivity contribution in [3.05, 3.63) is 0 Å². The molecular weight excluding hydrogens is 138 g/mol. The summed E-state index contributed by atoms with van der Waals surface area (Å²) in [5, 5.41) is 0. The number of amides is 1. The topological polar surface area (TPSA) is 43.1 Å². The van der Waals surface area contributed by atoms with Crippen LogP contribution in [0.5, 0.6) is 0 Å². The predicted molar refractivity (Wildman–Crippen MR) is 42.7 cm³/mol. The van der Waals surface area contributed by atoms with Crippen LogP contribution in [0.3, 0.4) is 0 Å². The monoisotopic (exact) mass is 153 g/mol. The fraction of sp³-hybridized carbons (Fsp3) is 0.889. The van der Waals surface area contributed by atoms with E-state index in [0.29, 0.717) is 5.92 Å². The van der Waals surface area contributed by atoms with Gasteiger partial charge in [-0.2, -0.15) is 0 Å². The first-order valence-corrected chi connectivity index (χ1v) is 4.56. The third kappa shape index (κ3) is 1.15. The molecule has 62 valence electrons. The quantitative estimate of drug-likeness (QED) is 0.606. The maximum absolute atomic E-state index is 11.0. The van der Waals surface area contributed by atoms with Crippen molar-refractivity contribution in [2.75, 3.05) is 0 Å². The van der Waals surface area contributed by atoms with Crippen LogP contribution in [0.15, 0.2) is 0 Å². The lowest BCUT2D eigenvalue weighted by atomic mass is 9.64. The lowest BCUT2D eigenvalue weighted by Gasteiger charge is -2.40. The highest BCUT2D eigenvalue weighted by Gasteiger charge is 2.38. The molecule has 0 heterocycles. The highest BCUT2D eigenvalue weighted by molar-refractivity contribution is 5.77. The molecule has 0 aromatic rings. The Labute approximate surface area is 67.1 Å². The lowest BCUT2D eigenvalue weighted by Crippen LogP contribution is -2.39. The van der Waals surface area contributed by atoms with Gasteiger partial charge in [0.25, 0.3) is 0 Å². The van der Waals surface area contributed by atoms with E-state index in [0.717, 1.165) is 12.3 Å². The van der Waals surface area contributed by atoms with Crippen LogP contribution in [-0.2, 0) is 4.79 Å². The second kappa shape index (κ2) is 2.50. The molecule has 3 fully saturated rings. The third-order valence-electron chi connectivity index (χ3n) is 3.41. The molecular formula is C9H15NO. The molecule has 3 saturated carbocycles. The van der Waals surface area contributed by atoms with Crippen LogP contribution in [0.2, 0.25) is 0 Å². The molecule has 3 rings (SSSR count). The van der Waals surface area contributed by atoms with Gasteiger partial charge in [0.15, 0.2) is 0 Å². The number of hydrogen-bond acceptors (Lipinski definition) is 1. The van der Waals surface area contributed by atoms with Gasteiger partial charge in [-0.15, -0.1) is 0 Å². The van der Waals surface area contributed by atoms with Crippen LogP contribution in [0.1, 0.15) is 32.1 Å². The molecule has 1 amide bonds. The van der Waals surface area contributed by atoms with Gasteiger partial charge in [0.1, 0.15) is 0 Å². The predicted octanol–water partition coefficient (Wildman–Crippen LogP) is 1.30. The molecule has 0 aliphatic heterocycles. The second-order valence-corrected chi connectivity index (χ2v) is 4.03. The van der Waals surface area contributed by atoms with E-state index in [1.54, 1.807) is 0 Å². The zero-order valence-corrected chi connectivity index (χ0v) is 6.75. The first-order chi connectivity index (χ1) is 5.27. The highest BCUT2D eigenvalue weighted by atomic mass is 16.1. The summed E-state index contributed by atoms with van der Waals surface area (Å²) in [7, 11) is 0. The van der Waals surface area contributed by atoms with Crippen molar-refractivity contribution in [1.29, 1.82) is 0 Å². The third-order valence-corrected chi connectivity index (χ3v) is 3.41. The van der Waals surface area contributed by atoms with E-state index in [4.69, 9.17) is 5.73 Å². The van der Waals surface area contributed by atoms with E-state index in [1.165, 1.54) is 25.7 Å². The Balaban J connectivity index is 2.08. The smallest absolute Gasteiger partial charge is 0.220 e. The lowest BCUT2D eigenvalue weighted by molar-refractivity contribution is -0.126. The molecule has 2 N–H and O–H groups in total. The summed E-state index contributed by atoms with van der Waals surface area (Å²) >= 11 is 0. The summed E-state index contributed by atoms with van der Waals surface area (Å²) in [5.41, 5.74) is 5.31. The molecule has 1 atom stereocenters. The second-order valence-electron chi connectivity index (χ2n) is 4.03. The fourth-order valence-corrected chi connectivity index (χ4v) is 2.73. The number of fused-ring (bicyclic) bond motifs is 3. The van der Waals surface area contributed by atoms with Gasteiger partial charge in [0.05, 0.1) is 0 Å². The summed E-state index contributed by atoms with van der Waals surface area (Å²) < 4.78 is 0. The van der Waals surface area contributed by atoms with Crippen LogP contribution >= 0.6 is 0 Å². The first kappa shape index (κ1) is 7.14. The molecule has 3 aliphatic carbocycles. The van der Waals surface area contributed by atoms with Crippen LogP contribution in [0, 0.1) is 17.8 Å². The molecule has 0 radical (unpaired) electrons. The molecule has 0 saturated heterocycles. The van der Waals surface area contributed by atoms with Crippen molar-refractivity contribution in [3.63, 3.8) is 0 Å². The average Bonchev–Trinajstić information content (AvgIpc) is 2.06. The van der Waals surface area contributed by atoms with E-state index >= 15 is 0 Å². The molecule has 2 nitrogen and oxygen atoms in total. The van der Waals surface area contributed by atoms with Gasteiger partial charge in [0.2, 0.25) is 5.91 Å². The number of carbonyl (C=O) groups is 1. The van der Waals surface area contributed by atoms with Gasteiger partial charge in [-0.3, -0.25) is 4.79 Å². The maximum atomic E-state index is 11.0. The molecule has 0 spiro atoms. The van der Waals surface area contributed by atoms with Crippen LogP contribution < -0.4 is 5.73 Å². The number of carbonyl (C=O) groups excluding carboxylic acids is 1. The molecule has 11 heavy (non-hydrogen) atoms. The minimum atomic E-state index is -0.0561. The Hall–Kier alpha value is -0.530. The Morgan fingerprint density at radius 3 is 2.09 bits per heavy atom. The van der Waals surface area contributed by atoms with Gasteiger partial charge in [0, 0.05) is 5.92 Å². The van der Waals surface area contributed by atoms with Crippen LogP contribution in [0.4, 0.5) is 0 Å². The highest BCUT2D eigenvalue weighted by Crippen LogP contribution is 2.44. The van der Waals surface area contributed by atoms with E-state index in [-0.39, 0.29) is 11.8 Å². The molecule has 0 unspecified atom stereocenters. The van der Waals surface area contributed by atoms with Crippen LogP contribution in [0.25, 0.3) is 0 Å². The summed E-state index contributed by atoms with van der Waals surface area (Å²) in [6, 6.07) is 0. The molecule has 3 aliphatic rings. The van der Waals surface area contributed by atoms with Gasteiger partial charge < -0.3 is 5.73 Å². The minimum Gasteiger partial charge on any atom is -0.369 e. The van der Waals surface area contributed by atoms with Crippen molar-refractivity contribution < 1.29 is 4.79 Å².